The molecule has 1 aliphatic heterocycles. The molecular formula is C15H24N3OS+. The van der Waals surface area contributed by atoms with E-state index in [1.54, 1.807) is 12.0 Å². The summed E-state index contributed by atoms with van der Waals surface area (Å²) in [4.78, 5) is 3.89. The second kappa shape index (κ2) is 8.19. The molecule has 1 heterocycles. The minimum Gasteiger partial charge on any atom is -0.383 e. The lowest BCUT2D eigenvalue weighted by atomic mass is 10.2. The Kier molecular flexibility index (Phi) is 6.24. The van der Waals surface area contributed by atoms with Gasteiger partial charge < -0.3 is 19.9 Å². The third kappa shape index (κ3) is 4.74. The molecule has 0 aromatic heterocycles. The van der Waals surface area contributed by atoms with E-state index in [4.69, 9.17) is 17.0 Å². The summed E-state index contributed by atoms with van der Waals surface area (Å²) in [5, 5.41) is 4.10. The summed E-state index contributed by atoms with van der Waals surface area (Å²) in [6.07, 6.45) is 0. The van der Waals surface area contributed by atoms with Crippen molar-refractivity contribution in [3.05, 3.63) is 35.9 Å². The van der Waals surface area contributed by atoms with Crippen molar-refractivity contribution in [2.75, 3.05) is 46.4 Å². The number of ether oxygens (including phenoxy) is 1. The van der Waals surface area contributed by atoms with Crippen LogP contribution in [0.2, 0.25) is 0 Å². The molecule has 0 amide bonds. The van der Waals surface area contributed by atoms with Crippen molar-refractivity contribution in [2.45, 2.75) is 6.54 Å². The van der Waals surface area contributed by atoms with Gasteiger partial charge in [0.05, 0.1) is 32.8 Å². The Morgan fingerprint density at radius 2 is 2.00 bits per heavy atom. The average molecular weight is 294 g/mol. The molecule has 1 aliphatic rings. The normalized spacial score (nSPS) is 16.1. The molecule has 0 spiro atoms. The summed E-state index contributed by atoms with van der Waals surface area (Å²) in [6, 6.07) is 10.7. The van der Waals surface area contributed by atoms with E-state index < -0.39 is 0 Å². The monoisotopic (exact) mass is 294 g/mol. The van der Waals surface area contributed by atoms with Crippen LogP contribution in [0.25, 0.3) is 0 Å². The second-order valence-electron chi connectivity index (χ2n) is 5.12. The van der Waals surface area contributed by atoms with Gasteiger partial charge in [0.1, 0.15) is 6.54 Å². The Bertz CT molecular complexity index is 405. The third-order valence-corrected chi connectivity index (χ3v) is 4.04. The molecule has 0 unspecified atom stereocenters. The van der Waals surface area contributed by atoms with Crippen molar-refractivity contribution < 1.29 is 9.64 Å². The number of hydrogen-bond acceptors (Lipinski definition) is 2. The molecule has 0 saturated carbocycles. The van der Waals surface area contributed by atoms with E-state index in [1.165, 1.54) is 5.56 Å². The first kappa shape index (κ1) is 15.2. The molecule has 0 bridgehead atoms. The van der Waals surface area contributed by atoms with E-state index in [9.17, 15) is 0 Å². The Morgan fingerprint density at radius 3 is 2.65 bits per heavy atom. The van der Waals surface area contributed by atoms with Gasteiger partial charge in [0, 0.05) is 19.2 Å². The SMILES string of the molecule is COCCNC(=S)N1CC[NH+](Cc2ccccc2)CC1. The van der Waals surface area contributed by atoms with Crippen molar-refractivity contribution >= 4 is 17.3 Å². The molecule has 0 aliphatic carbocycles. The summed E-state index contributed by atoms with van der Waals surface area (Å²) in [6.45, 7) is 6.92. The largest absolute Gasteiger partial charge is 0.383 e. The van der Waals surface area contributed by atoms with Gasteiger partial charge in [0.15, 0.2) is 5.11 Å². The maximum absolute atomic E-state index is 5.41. The van der Waals surface area contributed by atoms with Gasteiger partial charge in [-0.25, -0.2) is 0 Å². The standard InChI is InChI=1S/C15H23N3OS/c1-19-12-7-16-15(20)18-10-8-17(9-11-18)13-14-5-3-2-4-6-14/h2-6H,7-13H2,1H3,(H,16,20)/p+1. The summed E-state index contributed by atoms with van der Waals surface area (Å²) in [5.74, 6) is 0. The maximum Gasteiger partial charge on any atom is 0.169 e. The third-order valence-electron chi connectivity index (χ3n) is 3.64. The minimum absolute atomic E-state index is 0.694. The van der Waals surface area contributed by atoms with Gasteiger partial charge in [-0.15, -0.1) is 0 Å². The summed E-state index contributed by atoms with van der Waals surface area (Å²) in [5.41, 5.74) is 1.41. The first-order valence-corrected chi connectivity index (χ1v) is 7.59. The van der Waals surface area contributed by atoms with Crippen LogP contribution in [0.15, 0.2) is 30.3 Å². The molecule has 2 N–H and O–H groups in total. The number of rotatable bonds is 5. The molecule has 110 valence electrons. The van der Waals surface area contributed by atoms with E-state index >= 15 is 0 Å². The molecular weight excluding hydrogens is 270 g/mol. The highest BCUT2D eigenvalue weighted by Crippen LogP contribution is 1.97. The van der Waals surface area contributed by atoms with Crippen LogP contribution in [-0.4, -0.2) is 56.5 Å². The van der Waals surface area contributed by atoms with Gasteiger partial charge in [-0.3, -0.25) is 0 Å². The molecule has 1 aromatic carbocycles. The molecule has 1 saturated heterocycles. The lowest BCUT2D eigenvalue weighted by molar-refractivity contribution is -0.917. The number of benzene rings is 1. The van der Waals surface area contributed by atoms with Crippen LogP contribution < -0.4 is 10.2 Å². The zero-order chi connectivity index (χ0) is 14.2. The highest BCUT2D eigenvalue weighted by Gasteiger charge is 2.21. The molecule has 4 nitrogen and oxygen atoms in total. The molecule has 2 rings (SSSR count). The fourth-order valence-corrected chi connectivity index (χ4v) is 2.74. The fourth-order valence-electron chi connectivity index (χ4n) is 2.46. The average Bonchev–Trinajstić information content (AvgIpc) is 2.49. The van der Waals surface area contributed by atoms with Crippen LogP contribution in [0, 0.1) is 0 Å². The number of nitrogens with zero attached hydrogens (tertiary/aromatic N) is 1. The molecule has 0 radical (unpaired) electrons. The van der Waals surface area contributed by atoms with Gasteiger partial charge >= 0.3 is 0 Å². The Morgan fingerprint density at radius 1 is 1.30 bits per heavy atom. The van der Waals surface area contributed by atoms with Crippen LogP contribution in [0.3, 0.4) is 0 Å². The van der Waals surface area contributed by atoms with Crippen LogP contribution in [0.4, 0.5) is 0 Å². The summed E-state index contributed by atoms with van der Waals surface area (Å²) in [7, 11) is 1.70. The van der Waals surface area contributed by atoms with Crippen molar-refractivity contribution in [1.29, 1.82) is 0 Å². The molecule has 0 atom stereocenters. The quantitative estimate of drug-likeness (QED) is 0.587. The zero-order valence-corrected chi connectivity index (χ0v) is 12.9. The Labute approximate surface area is 126 Å². The van der Waals surface area contributed by atoms with Crippen LogP contribution in [0.1, 0.15) is 5.56 Å². The van der Waals surface area contributed by atoms with E-state index in [0.717, 1.165) is 44.4 Å². The van der Waals surface area contributed by atoms with E-state index in [1.807, 2.05) is 0 Å². The second-order valence-corrected chi connectivity index (χ2v) is 5.51. The van der Waals surface area contributed by atoms with Crippen LogP contribution >= 0.6 is 12.2 Å². The highest BCUT2D eigenvalue weighted by molar-refractivity contribution is 7.80. The van der Waals surface area contributed by atoms with Crippen molar-refractivity contribution in [3.8, 4) is 0 Å². The number of quaternary nitrogens is 1. The fraction of sp³-hybridized carbons (Fsp3) is 0.533. The van der Waals surface area contributed by atoms with E-state index in [-0.39, 0.29) is 0 Å². The van der Waals surface area contributed by atoms with E-state index in [2.05, 4.69) is 40.5 Å². The highest BCUT2D eigenvalue weighted by atomic mass is 32.1. The topological polar surface area (TPSA) is 28.9 Å². The predicted molar refractivity (Wildman–Crippen MR) is 84.9 cm³/mol. The number of methoxy groups -OCH3 is 1. The number of nitrogens with one attached hydrogen (secondary N) is 2. The Balaban J connectivity index is 1.71. The zero-order valence-electron chi connectivity index (χ0n) is 12.1. The summed E-state index contributed by atoms with van der Waals surface area (Å²) >= 11 is 5.41. The van der Waals surface area contributed by atoms with Gasteiger partial charge in [-0.05, 0) is 12.2 Å². The predicted octanol–water partition coefficient (Wildman–Crippen LogP) is -0.0920. The van der Waals surface area contributed by atoms with E-state index in [0.29, 0.717) is 6.61 Å². The van der Waals surface area contributed by atoms with Crippen molar-refractivity contribution in [1.82, 2.24) is 10.2 Å². The number of hydrogen-bond donors (Lipinski definition) is 2. The summed E-state index contributed by atoms with van der Waals surface area (Å²) < 4.78 is 5.02. The van der Waals surface area contributed by atoms with Gasteiger partial charge in [-0.2, -0.15) is 0 Å². The maximum atomic E-state index is 5.41. The first-order valence-electron chi connectivity index (χ1n) is 7.19. The Hall–Kier alpha value is -1.17. The van der Waals surface area contributed by atoms with Crippen LogP contribution in [-0.2, 0) is 11.3 Å². The van der Waals surface area contributed by atoms with Crippen molar-refractivity contribution in [2.24, 2.45) is 0 Å². The van der Waals surface area contributed by atoms with Gasteiger partial charge in [-0.1, -0.05) is 30.3 Å². The minimum atomic E-state index is 0.694. The molecule has 5 heteroatoms. The van der Waals surface area contributed by atoms with Crippen molar-refractivity contribution in [3.63, 3.8) is 0 Å². The first-order chi connectivity index (χ1) is 9.79. The molecule has 1 fully saturated rings. The number of thiocarbonyl (C=S) groups is 1. The number of piperazine rings is 1. The smallest absolute Gasteiger partial charge is 0.169 e. The lowest BCUT2D eigenvalue weighted by Gasteiger charge is -2.33. The lowest BCUT2D eigenvalue weighted by Crippen LogP contribution is -3.13. The molecule has 1 aromatic rings. The molecule has 20 heavy (non-hydrogen) atoms. The van der Waals surface area contributed by atoms with Crippen LogP contribution in [0.5, 0.6) is 0 Å². The van der Waals surface area contributed by atoms with Gasteiger partial charge in [0.2, 0.25) is 0 Å². The van der Waals surface area contributed by atoms with Gasteiger partial charge in [0.25, 0.3) is 0 Å².